The summed E-state index contributed by atoms with van der Waals surface area (Å²) in [6.07, 6.45) is 0. The summed E-state index contributed by atoms with van der Waals surface area (Å²) in [5, 5.41) is 3.27. The Labute approximate surface area is 145 Å². The summed E-state index contributed by atoms with van der Waals surface area (Å²) < 4.78 is 38.8. The summed E-state index contributed by atoms with van der Waals surface area (Å²) in [4.78, 5) is 2.52. The molecule has 92 valence electrons. The molecule has 0 saturated heterocycles. The Hall–Kier alpha value is -0.0187. The van der Waals surface area contributed by atoms with Crippen LogP contribution < -0.4 is 62.6 Å². The van der Waals surface area contributed by atoms with E-state index in [2.05, 4.69) is 10.0 Å². The van der Waals surface area contributed by atoms with Crippen molar-refractivity contribution in [1.29, 1.82) is 0 Å². The molecule has 18 heavy (non-hydrogen) atoms. The average Bonchev–Trinajstić information content (AvgIpc) is 2.20. The maximum absolute atomic E-state index is 12.9. The molecule has 0 aliphatic carbocycles. The first-order valence-corrected chi connectivity index (χ1v) is 4.91. The Bertz CT molecular complexity index is 498. The monoisotopic (exact) mass is 282 g/mol. The molecule has 0 unspecified atom stereocenters. The van der Waals surface area contributed by atoms with Gasteiger partial charge in [-0.25, -0.2) is 0 Å². The second-order valence-corrected chi connectivity index (χ2v) is 3.69. The van der Waals surface area contributed by atoms with Crippen LogP contribution >= 0.6 is 0 Å². The zero-order valence-electron chi connectivity index (χ0n) is 10.4. The number of rotatable bonds is 3. The van der Waals surface area contributed by atoms with Crippen molar-refractivity contribution in [2.45, 2.75) is 20.4 Å². The first-order chi connectivity index (χ1) is 7.82. The van der Waals surface area contributed by atoms with Gasteiger partial charge in [0.2, 0.25) is 0 Å². The molecule has 0 fully saturated rings. The van der Waals surface area contributed by atoms with Crippen LogP contribution in [0.3, 0.4) is 0 Å². The van der Waals surface area contributed by atoms with Gasteiger partial charge >= 0.3 is 58.4 Å². The minimum absolute atomic E-state index is 0. The number of benzene rings is 1. The van der Waals surface area contributed by atoms with Crippen molar-refractivity contribution in [3.8, 4) is 0 Å². The zero-order chi connectivity index (χ0) is 13.2. The fourth-order valence-electron chi connectivity index (χ4n) is 1.83. The second-order valence-electron chi connectivity index (χ2n) is 3.69. The fraction of sp³-hybridized carbons (Fsp3) is 0.333. The van der Waals surface area contributed by atoms with E-state index in [-0.39, 0.29) is 74.7 Å². The van der Waals surface area contributed by atoms with Crippen LogP contribution in [-0.2, 0) is 6.54 Å². The average molecular weight is 282 g/mol. The number of nitrogens with two attached hydrogens (primary N) is 1. The number of halogens is 3. The molecule has 0 saturated carbocycles. The molecule has 0 radical (unpaired) electrons. The van der Waals surface area contributed by atoms with E-state index < -0.39 is 12.4 Å². The Morgan fingerprint density at radius 2 is 1.89 bits per heavy atom. The van der Waals surface area contributed by atoms with E-state index in [0.29, 0.717) is 5.56 Å². The number of hydrogen-bond donors (Lipinski definition) is 1. The van der Waals surface area contributed by atoms with Crippen molar-refractivity contribution in [3.05, 3.63) is 33.2 Å². The molecular weight excluding hydrogens is 271 g/mol. The standard InChI is InChI=1S/C9H11BF3N4.K/c1-5-7(4-14)3-8(16-17-15)6(2)9(5)10(11,12)13;/h3H,4,14H2,1-2H3;/q-1;+1. The van der Waals surface area contributed by atoms with E-state index in [1.165, 1.54) is 19.9 Å². The van der Waals surface area contributed by atoms with Crippen LogP contribution in [0.4, 0.5) is 18.6 Å². The summed E-state index contributed by atoms with van der Waals surface area (Å²) in [5.74, 6) is 0. The molecule has 0 aliphatic rings. The number of hydrogen-bond acceptors (Lipinski definition) is 2. The molecular formula is C9H11BF3KN4. The smallest absolute Gasteiger partial charge is 0.445 e. The fourth-order valence-corrected chi connectivity index (χ4v) is 1.83. The van der Waals surface area contributed by atoms with Crippen LogP contribution in [0, 0.1) is 13.8 Å². The van der Waals surface area contributed by atoms with E-state index in [0.717, 1.165) is 0 Å². The van der Waals surface area contributed by atoms with Crippen molar-refractivity contribution in [3.63, 3.8) is 0 Å². The minimum Gasteiger partial charge on any atom is -0.445 e. The van der Waals surface area contributed by atoms with Gasteiger partial charge in [-0.1, -0.05) is 16.2 Å². The second kappa shape index (κ2) is 6.95. The van der Waals surface area contributed by atoms with Crippen LogP contribution in [0.1, 0.15) is 16.7 Å². The number of nitrogens with zero attached hydrogens (tertiary/aromatic N) is 3. The van der Waals surface area contributed by atoms with Crippen molar-refractivity contribution in [2.75, 3.05) is 0 Å². The van der Waals surface area contributed by atoms with Crippen molar-refractivity contribution in [1.82, 2.24) is 0 Å². The van der Waals surface area contributed by atoms with Gasteiger partial charge in [0.1, 0.15) is 0 Å². The Morgan fingerprint density at radius 3 is 2.28 bits per heavy atom. The van der Waals surface area contributed by atoms with E-state index in [9.17, 15) is 12.9 Å². The summed E-state index contributed by atoms with van der Waals surface area (Å²) in [5.41, 5.74) is 13.4. The third kappa shape index (κ3) is 3.74. The van der Waals surface area contributed by atoms with Gasteiger partial charge in [-0.3, -0.25) is 0 Å². The first kappa shape index (κ1) is 18.0. The van der Waals surface area contributed by atoms with Crippen LogP contribution in [0.25, 0.3) is 10.4 Å². The molecule has 0 heterocycles. The predicted molar refractivity (Wildman–Crippen MR) is 61.3 cm³/mol. The maximum atomic E-state index is 12.9. The van der Waals surface area contributed by atoms with Gasteiger partial charge in [-0.05, 0) is 31.0 Å². The molecule has 0 spiro atoms. The van der Waals surface area contributed by atoms with Crippen LogP contribution in [0.2, 0.25) is 0 Å². The zero-order valence-corrected chi connectivity index (χ0v) is 13.5. The van der Waals surface area contributed by atoms with Gasteiger partial charge in [-0.15, -0.1) is 5.46 Å². The topological polar surface area (TPSA) is 74.8 Å². The normalized spacial score (nSPS) is 10.6. The molecule has 9 heteroatoms. The maximum Gasteiger partial charge on any atom is 1.00 e. The van der Waals surface area contributed by atoms with Gasteiger partial charge in [0, 0.05) is 17.1 Å². The summed E-state index contributed by atoms with van der Waals surface area (Å²) >= 11 is 0. The van der Waals surface area contributed by atoms with E-state index in [4.69, 9.17) is 11.3 Å². The van der Waals surface area contributed by atoms with Gasteiger partial charge in [0.15, 0.2) is 0 Å². The van der Waals surface area contributed by atoms with E-state index >= 15 is 0 Å². The van der Waals surface area contributed by atoms with Gasteiger partial charge in [-0.2, -0.15) is 0 Å². The van der Waals surface area contributed by atoms with Crippen LogP contribution in [0.5, 0.6) is 0 Å². The molecule has 0 aliphatic heterocycles. The van der Waals surface area contributed by atoms with Crippen molar-refractivity contribution < 1.29 is 64.3 Å². The predicted octanol–water partition coefficient (Wildman–Crippen LogP) is -0.238. The third-order valence-electron chi connectivity index (χ3n) is 2.68. The SMILES string of the molecule is Cc1c(CN)cc(N=[N+]=[N-])c(C)c1[B-](F)(F)F.[K+]. The van der Waals surface area contributed by atoms with Crippen molar-refractivity contribution in [2.24, 2.45) is 10.8 Å². The summed E-state index contributed by atoms with van der Waals surface area (Å²) in [6, 6.07) is 1.40. The molecule has 2 N–H and O–H groups in total. The quantitative estimate of drug-likeness (QED) is 0.353. The Morgan fingerprint density at radius 1 is 1.33 bits per heavy atom. The molecule has 4 nitrogen and oxygen atoms in total. The third-order valence-corrected chi connectivity index (χ3v) is 2.68. The van der Waals surface area contributed by atoms with E-state index in [1.807, 2.05) is 0 Å². The van der Waals surface area contributed by atoms with Crippen LogP contribution in [-0.4, -0.2) is 6.98 Å². The largest absolute Gasteiger partial charge is 1.00 e. The van der Waals surface area contributed by atoms with Gasteiger partial charge < -0.3 is 18.7 Å². The Balaban J connectivity index is 0.00000289. The molecule has 1 aromatic carbocycles. The molecule has 0 aromatic heterocycles. The Kier molecular flexibility index (Phi) is 6.94. The summed E-state index contributed by atoms with van der Waals surface area (Å²) in [6.45, 7) is -2.51. The van der Waals surface area contributed by atoms with Crippen LogP contribution in [0.15, 0.2) is 11.2 Å². The first-order valence-electron chi connectivity index (χ1n) is 4.91. The van der Waals surface area contributed by atoms with Crippen molar-refractivity contribution >= 4 is 18.1 Å². The van der Waals surface area contributed by atoms with E-state index in [1.54, 1.807) is 0 Å². The molecule has 1 rings (SSSR count). The molecule has 0 amide bonds. The molecule has 1 aromatic rings. The minimum atomic E-state index is -5.15. The van der Waals surface area contributed by atoms with Gasteiger partial charge in [0.25, 0.3) is 0 Å². The molecule has 0 bridgehead atoms. The molecule has 0 atom stereocenters. The summed E-state index contributed by atoms with van der Waals surface area (Å²) in [7, 11) is 0. The number of azide groups is 1. The van der Waals surface area contributed by atoms with Gasteiger partial charge in [0.05, 0.1) is 0 Å².